The van der Waals surface area contributed by atoms with E-state index in [0.717, 1.165) is 50.1 Å². The topological polar surface area (TPSA) is 36.0 Å². The summed E-state index contributed by atoms with van der Waals surface area (Å²) < 4.78 is 20.0. The number of piperidine rings is 1. The van der Waals surface area contributed by atoms with Crippen LogP contribution in [0.15, 0.2) is 54.6 Å². The van der Waals surface area contributed by atoms with Gasteiger partial charge in [-0.1, -0.05) is 42.5 Å². The maximum Gasteiger partial charge on any atom is 0.253 e. The number of hydrogen-bond donors (Lipinski definition) is 0. The van der Waals surface area contributed by atoms with E-state index in [4.69, 9.17) is 4.74 Å². The van der Waals surface area contributed by atoms with Crippen LogP contribution in [0, 0.1) is 5.82 Å². The Labute approximate surface area is 184 Å². The molecule has 1 spiro atoms. The van der Waals surface area contributed by atoms with Crippen molar-refractivity contribution < 1.29 is 13.9 Å². The predicted octanol–water partition coefficient (Wildman–Crippen LogP) is 3.15. The van der Waals surface area contributed by atoms with Crippen LogP contribution in [0.25, 0.3) is 0 Å². The lowest BCUT2D eigenvalue weighted by Gasteiger charge is -2.49. The van der Waals surface area contributed by atoms with Crippen molar-refractivity contribution in [3.8, 4) is 0 Å². The third-order valence-corrected chi connectivity index (χ3v) is 6.40. The number of carbonyl (C=O) groups is 1. The number of likely N-dealkylation sites (N-methyl/N-ethyl adjacent to an activating group) is 2. The van der Waals surface area contributed by atoms with Gasteiger partial charge in [0.15, 0.2) is 0 Å². The zero-order valence-corrected chi connectivity index (χ0v) is 18.5. The van der Waals surface area contributed by atoms with Gasteiger partial charge in [-0.2, -0.15) is 0 Å². The lowest BCUT2D eigenvalue weighted by atomic mass is 9.88. The third-order valence-electron chi connectivity index (χ3n) is 6.40. The molecule has 2 saturated heterocycles. The molecule has 6 heteroatoms. The van der Waals surface area contributed by atoms with E-state index in [9.17, 15) is 9.18 Å². The number of rotatable bonds is 5. The summed E-state index contributed by atoms with van der Waals surface area (Å²) >= 11 is 0. The minimum atomic E-state index is -0.442. The summed E-state index contributed by atoms with van der Waals surface area (Å²) in [5.74, 6) is -0.152. The van der Waals surface area contributed by atoms with Crippen molar-refractivity contribution in [1.29, 1.82) is 0 Å². The first kappa shape index (κ1) is 21.9. The second-order valence-electron chi connectivity index (χ2n) is 9.07. The number of hydrogen-bond acceptors (Lipinski definition) is 4. The zero-order chi connectivity index (χ0) is 21.8. The fraction of sp³-hybridized carbons (Fsp3) is 0.480. The number of halogens is 1. The first-order valence-corrected chi connectivity index (χ1v) is 11.0. The summed E-state index contributed by atoms with van der Waals surface area (Å²) in [7, 11) is 3.92. The standard InChI is InChI=1S/C25H32FN3O2/c1-27-18-23(24(30)28(2)16-20-7-4-3-5-8-20)31-25(19-27)11-13-29(14-12-25)17-21-9-6-10-22(26)15-21/h3-10,15,23H,11-14,16-19H2,1-2H3. The molecule has 2 aliphatic heterocycles. The van der Waals surface area contributed by atoms with Crippen LogP contribution in [0.4, 0.5) is 4.39 Å². The van der Waals surface area contributed by atoms with Crippen LogP contribution in [-0.4, -0.2) is 72.6 Å². The van der Waals surface area contributed by atoms with Gasteiger partial charge < -0.3 is 14.5 Å². The fourth-order valence-electron chi connectivity index (χ4n) is 4.81. The Balaban J connectivity index is 1.35. The van der Waals surface area contributed by atoms with Gasteiger partial charge in [0.1, 0.15) is 11.9 Å². The van der Waals surface area contributed by atoms with Gasteiger partial charge in [-0.15, -0.1) is 0 Å². The molecule has 31 heavy (non-hydrogen) atoms. The average Bonchev–Trinajstić information content (AvgIpc) is 2.75. The minimum Gasteiger partial charge on any atom is -0.359 e. The molecular formula is C25H32FN3O2. The summed E-state index contributed by atoms with van der Waals surface area (Å²) in [6, 6.07) is 16.8. The number of ether oxygens (including phenoxy) is 1. The van der Waals surface area contributed by atoms with E-state index in [-0.39, 0.29) is 17.3 Å². The van der Waals surface area contributed by atoms with E-state index in [0.29, 0.717) is 13.1 Å². The van der Waals surface area contributed by atoms with E-state index >= 15 is 0 Å². The highest BCUT2D eigenvalue weighted by Crippen LogP contribution is 2.33. The zero-order valence-electron chi connectivity index (χ0n) is 18.5. The number of morpholine rings is 1. The first-order valence-electron chi connectivity index (χ1n) is 11.0. The van der Waals surface area contributed by atoms with E-state index < -0.39 is 6.10 Å². The Morgan fingerprint density at radius 2 is 1.84 bits per heavy atom. The van der Waals surface area contributed by atoms with Crippen LogP contribution >= 0.6 is 0 Å². The van der Waals surface area contributed by atoms with Gasteiger partial charge in [0.2, 0.25) is 0 Å². The molecule has 1 atom stereocenters. The largest absolute Gasteiger partial charge is 0.359 e. The van der Waals surface area contributed by atoms with Crippen LogP contribution in [0.3, 0.4) is 0 Å². The van der Waals surface area contributed by atoms with Gasteiger partial charge in [-0.25, -0.2) is 4.39 Å². The van der Waals surface area contributed by atoms with Gasteiger partial charge in [0.05, 0.1) is 5.60 Å². The highest BCUT2D eigenvalue weighted by molar-refractivity contribution is 5.81. The minimum absolute atomic E-state index is 0.0389. The number of carbonyl (C=O) groups excluding carboxylic acids is 1. The summed E-state index contributed by atoms with van der Waals surface area (Å²) in [5, 5.41) is 0. The molecule has 0 aromatic heterocycles. The van der Waals surface area contributed by atoms with E-state index in [1.165, 1.54) is 6.07 Å². The molecule has 2 aromatic carbocycles. The molecule has 2 aromatic rings. The molecule has 4 rings (SSSR count). The molecule has 2 aliphatic rings. The molecule has 0 radical (unpaired) electrons. The molecule has 166 valence electrons. The monoisotopic (exact) mass is 425 g/mol. The molecule has 0 bridgehead atoms. The SMILES string of the molecule is CN1CC(C(=O)N(C)Cc2ccccc2)OC2(CCN(Cc3cccc(F)c3)CC2)C1. The lowest BCUT2D eigenvalue weighted by Crippen LogP contribution is -2.61. The highest BCUT2D eigenvalue weighted by atomic mass is 19.1. The van der Waals surface area contributed by atoms with E-state index in [2.05, 4.69) is 16.8 Å². The predicted molar refractivity (Wildman–Crippen MR) is 119 cm³/mol. The lowest BCUT2D eigenvalue weighted by molar-refractivity contribution is -0.188. The Morgan fingerprint density at radius 1 is 1.13 bits per heavy atom. The van der Waals surface area contributed by atoms with Crippen molar-refractivity contribution in [3.05, 3.63) is 71.5 Å². The second-order valence-corrected chi connectivity index (χ2v) is 9.07. The number of amides is 1. The Hall–Kier alpha value is -2.28. The Bertz CT molecular complexity index is 883. The number of nitrogens with zero attached hydrogens (tertiary/aromatic N) is 3. The molecule has 1 amide bonds. The summed E-state index contributed by atoms with van der Waals surface area (Å²) in [6.45, 7) is 4.54. The Morgan fingerprint density at radius 3 is 2.55 bits per heavy atom. The second kappa shape index (κ2) is 9.47. The quantitative estimate of drug-likeness (QED) is 0.738. The van der Waals surface area contributed by atoms with Crippen molar-refractivity contribution in [3.63, 3.8) is 0 Å². The third kappa shape index (κ3) is 5.50. The molecule has 5 nitrogen and oxygen atoms in total. The molecule has 2 heterocycles. The molecule has 1 unspecified atom stereocenters. The van der Waals surface area contributed by atoms with E-state index in [1.54, 1.807) is 17.0 Å². The van der Waals surface area contributed by atoms with Gasteiger partial charge in [0, 0.05) is 46.3 Å². The van der Waals surface area contributed by atoms with Crippen LogP contribution in [-0.2, 0) is 22.6 Å². The molecule has 0 aliphatic carbocycles. The van der Waals surface area contributed by atoms with Gasteiger partial charge in [-0.3, -0.25) is 9.69 Å². The molecule has 2 fully saturated rings. The van der Waals surface area contributed by atoms with Crippen molar-refractivity contribution in [2.45, 2.75) is 37.6 Å². The van der Waals surface area contributed by atoms with Crippen LogP contribution in [0.2, 0.25) is 0 Å². The maximum absolute atomic E-state index is 13.5. The number of likely N-dealkylation sites (tertiary alicyclic amines) is 1. The average molecular weight is 426 g/mol. The summed E-state index contributed by atoms with van der Waals surface area (Å²) in [5.41, 5.74) is 1.82. The van der Waals surface area contributed by atoms with Crippen LogP contribution < -0.4 is 0 Å². The maximum atomic E-state index is 13.5. The molecule has 0 N–H and O–H groups in total. The highest BCUT2D eigenvalue weighted by Gasteiger charge is 2.44. The first-order chi connectivity index (χ1) is 14.9. The summed E-state index contributed by atoms with van der Waals surface area (Å²) in [6.07, 6.45) is 1.31. The van der Waals surface area contributed by atoms with Crippen molar-refractivity contribution in [1.82, 2.24) is 14.7 Å². The van der Waals surface area contributed by atoms with Crippen molar-refractivity contribution in [2.24, 2.45) is 0 Å². The van der Waals surface area contributed by atoms with Crippen LogP contribution in [0.1, 0.15) is 24.0 Å². The van der Waals surface area contributed by atoms with E-state index in [1.807, 2.05) is 43.4 Å². The van der Waals surface area contributed by atoms with Gasteiger partial charge >= 0.3 is 0 Å². The van der Waals surface area contributed by atoms with Crippen molar-refractivity contribution >= 4 is 5.91 Å². The van der Waals surface area contributed by atoms with Gasteiger partial charge in [0.25, 0.3) is 5.91 Å². The molecule has 0 saturated carbocycles. The van der Waals surface area contributed by atoms with Gasteiger partial charge in [-0.05, 0) is 43.1 Å². The fourth-order valence-corrected chi connectivity index (χ4v) is 4.81. The molecular weight excluding hydrogens is 393 g/mol. The number of benzene rings is 2. The normalized spacial score (nSPS) is 21.8. The Kier molecular flexibility index (Phi) is 6.70. The summed E-state index contributed by atoms with van der Waals surface area (Å²) in [4.78, 5) is 19.5. The smallest absolute Gasteiger partial charge is 0.253 e. The van der Waals surface area contributed by atoms with Crippen LogP contribution in [0.5, 0.6) is 0 Å². The van der Waals surface area contributed by atoms with Crippen molar-refractivity contribution in [2.75, 3.05) is 40.3 Å².